The van der Waals surface area contributed by atoms with Gasteiger partial charge in [-0.25, -0.2) is 0 Å². The van der Waals surface area contributed by atoms with Gasteiger partial charge in [-0.2, -0.15) is 5.06 Å². The van der Waals surface area contributed by atoms with E-state index in [0.717, 1.165) is 25.9 Å². The van der Waals surface area contributed by atoms with E-state index < -0.39 is 5.79 Å². The Kier molecular flexibility index (Phi) is 10.1. The van der Waals surface area contributed by atoms with E-state index in [9.17, 15) is 4.79 Å². The summed E-state index contributed by atoms with van der Waals surface area (Å²) in [6, 6.07) is 0. The van der Waals surface area contributed by atoms with Crippen molar-refractivity contribution in [1.82, 2.24) is 5.06 Å². The molecule has 1 spiro atoms. The van der Waals surface area contributed by atoms with Crippen LogP contribution < -0.4 is 0 Å². The number of rotatable bonds is 13. The zero-order valence-electron chi connectivity index (χ0n) is 20.0. The summed E-state index contributed by atoms with van der Waals surface area (Å²) in [7, 11) is 0. The Hall–Kier alpha value is -0.690. The van der Waals surface area contributed by atoms with Gasteiger partial charge in [0, 0.05) is 23.9 Å². The molecular weight excluding hydrogens is 382 g/mol. The van der Waals surface area contributed by atoms with Crippen LogP contribution in [0.2, 0.25) is 0 Å². The molecule has 0 aromatic heterocycles. The molecule has 2 saturated heterocycles. The van der Waals surface area contributed by atoms with E-state index in [-0.39, 0.29) is 17.2 Å². The number of unbranched alkanes of at least 4 members (excludes halogenated alkanes) is 8. The summed E-state index contributed by atoms with van der Waals surface area (Å²) in [4.78, 5) is 16.9. The van der Waals surface area contributed by atoms with E-state index in [0.29, 0.717) is 19.7 Å². The Morgan fingerprint density at radius 1 is 0.867 bits per heavy atom. The minimum Gasteiger partial charge on any atom is -0.460 e. The average Bonchev–Trinajstić information content (AvgIpc) is 2.66. The Labute approximate surface area is 183 Å². The van der Waals surface area contributed by atoms with Crippen LogP contribution in [0.25, 0.3) is 0 Å². The molecular formula is C24H45NO5. The molecule has 2 rings (SSSR count). The Morgan fingerprint density at radius 3 is 1.87 bits per heavy atom. The molecule has 0 aliphatic carbocycles. The standard InChI is InChI=1S/C24H45NO5/c1-6-7-8-9-10-11-12-13-14-15-30-25-22(2,3)18-24(19-23(25,4)5)28-16-21(17-29-24)27-20-26/h20-21H,6-19H2,1-5H3. The lowest BCUT2D eigenvalue weighted by molar-refractivity contribution is -0.376. The molecule has 2 aliphatic rings. The molecule has 0 radical (unpaired) electrons. The zero-order chi connectivity index (χ0) is 22.1. The summed E-state index contributed by atoms with van der Waals surface area (Å²) >= 11 is 0. The Morgan fingerprint density at radius 2 is 1.37 bits per heavy atom. The smallest absolute Gasteiger partial charge is 0.293 e. The summed E-state index contributed by atoms with van der Waals surface area (Å²) < 4.78 is 17.2. The minimum absolute atomic E-state index is 0.223. The topological polar surface area (TPSA) is 57.2 Å². The first-order valence-corrected chi connectivity index (χ1v) is 12.0. The Balaban J connectivity index is 1.74. The van der Waals surface area contributed by atoms with Crippen molar-refractivity contribution in [2.24, 2.45) is 0 Å². The second-order valence-electron chi connectivity index (χ2n) is 10.3. The number of carbonyl (C=O) groups is 1. The molecule has 0 atom stereocenters. The molecule has 2 fully saturated rings. The fourth-order valence-corrected chi connectivity index (χ4v) is 5.20. The van der Waals surface area contributed by atoms with Crippen LogP contribution in [0.1, 0.15) is 105 Å². The molecule has 0 saturated carbocycles. The van der Waals surface area contributed by atoms with E-state index in [1.165, 1.54) is 51.4 Å². The van der Waals surface area contributed by atoms with Gasteiger partial charge < -0.3 is 14.2 Å². The average molecular weight is 428 g/mol. The van der Waals surface area contributed by atoms with Crippen molar-refractivity contribution in [3.63, 3.8) is 0 Å². The summed E-state index contributed by atoms with van der Waals surface area (Å²) in [6.45, 7) is 13.0. The number of ether oxygens (including phenoxy) is 3. The number of hydrogen-bond acceptors (Lipinski definition) is 6. The first-order valence-electron chi connectivity index (χ1n) is 12.0. The van der Waals surface area contributed by atoms with Gasteiger partial charge >= 0.3 is 0 Å². The third-order valence-electron chi connectivity index (χ3n) is 6.28. The predicted octanol–water partition coefficient (Wildman–Crippen LogP) is 5.39. The third kappa shape index (κ3) is 7.47. The second kappa shape index (κ2) is 11.8. The molecule has 6 heteroatoms. The number of hydroxylamine groups is 2. The highest BCUT2D eigenvalue weighted by atomic mass is 16.7. The highest BCUT2D eigenvalue weighted by Gasteiger charge is 2.56. The van der Waals surface area contributed by atoms with E-state index in [2.05, 4.69) is 39.7 Å². The van der Waals surface area contributed by atoms with Crippen LogP contribution in [0, 0.1) is 0 Å². The number of nitrogens with zero attached hydrogens (tertiary/aromatic N) is 1. The summed E-state index contributed by atoms with van der Waals surface area (Å²) in [5.41, 5.74) is -0.446. The van der Waals surface area contributed by atoms with Crippen molar-refractivity contribution in [2.75, 3.05) is 19.8 Å². The maximum atomic E-state index is 10.6. The van der Waals surface area contributed by atoms with E-state index in [1.807, 2.05) is 0 Å². The molecule has 0 aromatic rings. The first-order chi connectivity index (χ1) is 14.2. The normalized spacial score (nSPS) is 23.5. The van der Waals surface area contributed by atoms with Gasteiger partial charge in [0.25, 0.3) is 6.47 Å². The van der Waals surface area contributed by atoms with Gasteiger partial charge in [0.05, 0.1) is 19.8 Å². The van der Waals surface area contributed by atoms with Crippen molar-refractivity contribution in [2.45, 2.75) is 128 Å². The molecule has 0 amide bonds. The van der Waals surface area contributed by atoms with Gasteiger partial charge in [0.15, 0.2) is 5.79 Å². The molecule has 176 valence electrons. The molecule has 2 aliphatic heterocycles. The number of piperidine rings is 1. The van der Waals surface area contributed by atoms with Gasteiger partial charge in [-0.3, -0.25) is 9.63 Å². The first kappa shape index (κ1) is 25.6. The fourth-order valence-electron chi connectivity index (χ4n) is 5.20. The van der Waals surface area contributed by atoms with Crippen LogP contribution in [0.3, 0.4) is 0 Å². The van der Waals surface area contributed by atoms with Crippen LogP contribution in [-0.4, -0.2) is 54.3 Å². The molecule has 0 aromatic carbocycles. The SMILES string of the molecule is CCCCCCCCCCCON1C(C)(C)CC2(CC1(C)C)OCC(OC=O)CO2. The number of hydrogen-bond donors (Lipinski definition) is 0. The second-order valence-corrected chi connectivity index (χ2v) is 10.3. The lowest BCUT2D eigenvalue weighted by Gasteiger charge is -2.58. The van der Waals surface area contributed by atoms with Gasteiger partial charge in [-0.15, -0.1) is 0 Å². The highest BCUT2D eigenvalue weighted by Crippen LogP contribution is 2.47. The molecule has 6 nitrogen and oxygen atoms in total. The van der Waals surface area contributed by atoms with Gasteiger partial charge in [-0.05, 0) is 34.1 Å². The predicted molar refractivity (Wildman–Crippen MR) is 118 cm³/mol. The van der Waals surface area contributed by atoms with Crippen LogP contribution in [-0.2, 0) is 23.8 Å². The maximum Gasteiger partial charge on any atom is 0.293 e. The third-order valence-corrected chi connectivity index (χ3v) is 6.28. The monoisotopic (exact) mass is 427 g/mol. The lowest BCUT2D eigenvalue weighted by atomic mass is 9.77. The van der Waals surface area contributed by atoms with Gasteiger partial charge in [-0.1, -0.05) is 58.3 Å². The quantitative estimate of drug-likeness (QED) is 0.290. The van der Waals surface area contributed by atoms with Crippen molar-refractivity contribution in [3.8, 4) is 0 Å². The summed E-state index contributed by atoms with van der Waals surface area (Å²) in [6.07, 6.45) is 12.9. The van der Waals surface area contributed by atoms with Gasteiger partial charge in [0.1, 0.15) is 6.10 Å². The Bertz CT molecular complexity index is 480. The van der Waals surface area contributed by atoms with E-state index in [1.54, 1.807) is 0 Å². The van der Waals surface area contributed by atoms with Crippen molar-refractivity contribution in [1.29, 1.82) is 0 Å². The largest absolute Gasteiger partial charge is 0.460 e. The molecule has 2 heterocycles. The summed E-state index contributed by atoms with van der Waals surface area (Å²) in [5, 5.41) is 2.16. The maximum absolute atomic E-state index is 10.6. The zero-order valence-corrected chi connectivity index (χ0v) is 20.0. The van der Waals surface area contributed by atoms with Crippen LogP contribution in [0.5, 0.6) is 0 Å². The van der Waals surface area contributed by atoms with Crippen molar-refractivity contribution < 1.29 is 23.8 Å². The van der Waals surface area contributed by atoms with E-state index >= 15 is 0 Å². The summed E-state index contributed by atoms with van der Waals surface area (Å²) in [5.74, 6) is -0.645. The fraction of sp³-hybridized carbons (Fsp3) is 0.958. The van der Waals surface area contributed by atoms with E-state index in [4.69, 9.17) is 19.0 Å². The molecule has 30 heavy (non-hydrogen) atoms. The number of carbonyl (C=O) groups excluding carboxylic acids is 1. The van der Waals surface area contributed by atoms with Crippen molar-refractivity contribution in [3.05, 3.63) is 0 Å². The lowest BCUT2D eigenvalue weighted by Crippen LogP contribution is -2.67. The highest BCUT2D eigenvalue weighted by molar-refractivity contribution is 5.37. The van der Waals surface area contributed by atoms with Gasteiger partial charge in [0.2, 0.25) is 0 Å². The molecule has 0 unspecified atom stereocenters. The molecule has 0 N–H and O–H groups in total. The van der Waals surface area contributed by atoms with Crippen LogP contribution in [0.15, 0.2) is 0 Å². The van der Waals surface area contributed by atoms with Crippen LogP contribution >= 0.6 is 0 Å². The van der Waals surface area contributed by atoms with Crippen LogP contribution in [0.4, 0.5) is 0 Å². The molecule has 0 bridgehead atoms. The minimum atomic E-state index is -0.645. The van der Waals surface area contributed by atoms with Crippen molar-refractivity contribution >= 4 is 6.47 Å².